The molecule has 0 spiro atoms. The fourth-order valence-electron chi connectivity index (χ4n) is 3.32. The van der Waals surface area contributed by atoms with E-state index < -0.39 is 10.0 Å². The van der Waals surface area contributed by atoms with E-state index in [1.165, 1.54) is 6.07 Å². The Balaban J connectivity index is 1.89. The molecule has 6 nitrogen and oxygen atoms in total. The molecule has 1 heterocycles. The van der Waals surface area contributed by atoms with Crippen molar-refractivity contribution in [3.8, 4) is 0 Å². The summed E-state index contributed by atoms with van der Waals surface area (Å²) < 4.78 is 28.4. The third-order valence-electron chi connectivity index (χ3n) is 4.74. The highest BCUT2D eigenvalue weighted by Crippen LogP contribution is 2.23. The molecule has 3 N–H and O–H groups in total. The highest BCUT2D eigenvalue weighted by Gasteiger charge is 2.25. The second-order valence-corrected chi connectivity index (χ2v) is 8.76. The number of benzene rings is 2. The number of nitrogens with zero attached hydrogens (tertiary/aromatic N) is 1. The predicted molar refractivity (Wildman–Crippen MR) is 106 cm³/mol. The summed E-state index contributed by atoms with van der Waals surface area (Å²) in [6.07, 6.45) is 1.76. The summed E-state index contributed by atoms with van der Waals surface area (Å²) in [5, 5.41) is 0. The summed E-state index contributed by atoms with van der Waals surface area (Å²) in [4.78, 5) is 14.6. The molecule has 0 aliphatic carbocycles. The zero-order valence-corrected chi connectivity index (χ0v) is 16.4. The number of amides is 1. The average Bonchev–Trinajstić information content (AvgIpc) is 2.61. The van der Waals surface area contributed by atoms with Crippen LogP contribution >= 0.6 is 0 Å². The lowest BCUT2D eigenvalue weighted by atomic mass is 10.0. The molecule has 0 radical (unpaired) electrons. The molecular formula is C20H25N3O3S. The Morgan fingerprint density at radius 1 is 1.19 bits per heavy atom. The van der Waals surface area contributed by atoms with Gasteiger partial charge in [-0.15, -0.1) is 0 Å². The van der Waals surface area contributed by atoms with Gasteiger partial charge < -0.3 is 10.6 Å². The van der Waals surface area contributed by atoms with Crippen LogP contribution in [0, 0.1) is 13.8 Å². The normalized spacial score (nSPS) is 17.6. The first kappa shape index (κ1) is 19.4. The Bertz CT molecular complexity index is 957. The maximum Gasteiger partial charge on any atom is 0.262 e. The number of sulfonamides is 1. The Labute approximate surface area is 160 Å². The van der Waals surface area contributed by atoms with Crippen LogP contribution in [0.25, 0.3) is 0 Å². The van der Waals surface area contributed by atoms with E-state index in [1.54, 1.807) is 42.2 Å². The van der Waals surface area contributed by atoms with Crippen LogP contribution in [0.2, 0.25) is 0 Å². The van der Waals surface area contributed by atoms with Gasteiger partial charge in [-0.2, -0.15) is 0 Å². The van der Waals surface area contributed by atoms with Gasteiger partial charge in [0.25, 0.3) is 15.9 Å². The molecule has 144 valence electrons. The average molecular weight is 388 g/mol. The highest BCUT2D eigenvalue weighted by atomic mass is 32.2. The summed E-state index contributed by atoms with van der Waals surface area (Å²) in [6.45, 7) is 4.75. The number of aryl methyl sites for hydroxylation is 2. The van der Waals surface area contributed by atoms with E-state index in [-0.39, 0.29) is 16.8 Å². The lowest BCUT2D eigenvalue weighted by molar-refractivity contribution is 0.0708. The lowest BCUT2D eigenvalue weighted by Crippen LogP contribution is -2.45. The van der Waals surface area contributed by atoms with Crippen LogP contribution in [0.3, 0.4) is 0 Å². The molecule has 1 aliphatic rings. The third-order valence-corrected chi connectivity index (χ3v) is 6.26. The molecule has 27 heavy (non-hydrogen) atoms. The van der Waals surface area contributed by atoms with Crippen LogP contribution < -0.4 is 10.5 Å². The number of likely N-dealkylation sites (tertiary alicyclic amines) is 1. The highest BCUT2D eigenvalue weighted by molar-refractivity contribution is 7.92. The van der Waals surface area contributed by atoms with Gasteiger partial charge in [0.1, 0.15) is 0 Å². The van der Waals surface area contributed by atoms with E-state index in [2.05, 4.69) is 4.72 Å². The number of nitrogens with two attached hydrogens (primary N) is 1. The molecule has 1 atom stereocenters. The van der Waals surface area contributed by atoms with Crippen molar-refractivity contribution in [3.05, 3.63) is 59.2 Å². The molecule has 1 saturated heterocycles. The first-order chi connectivity index (χ1) is 12.8. The smallest absolute Gasteiger partial charge is 0.262 e. The molecule has 3 rings (SSSR count). The number of nitrogens with one attached hydrogen (secondary N) is 1. The van der Waals surface area contributed by atoms with Crippen LogP contribution in [-0.2, 0) is 10.0 Å². The van der Waals surface area contributed by atoms with Gasteiger partial charge in [-0.05, 0) is 62.1 Å². The number of carbonyl (C=O) groups is 1. The summed E-state index contributed by atoms with van der Waals surface area (Å²) in [5.74, 6) is -0.183. The van der Waals surface area contributed by atoms with Gasteiger partial charge in [-0.3, -0.25) is 9.52 Å². The van der Waals surface area contributed by atoms with Gasteiger partial charge in [0.05, 0.1) is 4.90 Å². The van der Waals surface area contributed by atoms with E-state index in [0.29, 0.717) is 29.9 Å². The molecule has 1 unspecified atom stereocenters. The SMILES string of the molecule is Cc1cccc(NS(=O)(=O)c2cc(C(=O)N3CCCC(N)C3)ccc2C)c1. The van der Waals surface area contributed by atoms with E-state index in [1.807, 2.05) is 13.0 Å². The van der Waals surface area contributed by atoms with Crippen molar-refractivity contribution in [2.24, 2.45) is 5.73 Å². The van der Waals surface area contributed by atoms with Crippen molar-refractivity contribution in [2.75, 3.05) is 17.8 Å². The van der Waals surface area contributed by atoms with Crippen molar-refractivity contribution < 1.29 is 13.2 Å². The minimum absolute atomic E-state index is 0.0284. The fourth-order valence-corrected chi connectivity index (χ4v) is 4.64. The van der Waals surface area contributed by atoms with Crippen molar-refractivity contribution >= 4 is 21.6 Å². The molecule has 0 aromatic heterocycles. The largest absolute Gasteiger partial charge is 0.337 e. The molecule has 1 aliphatic heterocycles. The number of hydrogen-bond acceptors (Lipinski definition) is 4. The lowest BCUT2D eigenvalue weighted by Gasteiger charge is -2.31. The van der Waals surface area contributed by atoms with Crippen LogP contribution in [-0.4, -0.2) is 38.4 Å². The summed E-state index contributed by atoms with van der Waals surface area (Å²) >= 11 is 0. The Morgan fingerprint density at radius 3 is 2.67 bits per heavy atom. The first-order valence-electron chi connectivity index (χ1n) is 9.01. The zero-order valence-electron chi connectivity index (χ0n) is 15.6. The van der Waals surface area contributed by atoms with Crippen LogP contribution in [0.5, 0.6) is 0 Å². The minimum Gasteiger partial charge on any atom is -0.337 e. The maximum atomic E-state index is 12.9. The topological polar surface area (TPSA) is 92.5 Å². The molecular weight excluding hydrogens is 362 g/mol. The molecule has 2 aromatic carbocycles. The zero-order chi connectivity index (χ0) is 19.6. The summed E-state index contributed by atoms with van der Waals surface area (Å²) in [5.41, 5.74) is 8.36. The second kappa shape index (κ2) is 7.70. The van der Waals surface area contributed by atoms with Gasteiger partial charge in [-0.25, -0.2) is 8.42 Å². The van der Waals surface area contributed by atoms with Crippen LogP contribution in [0.15, 0.2) is 47.4 Å². The Morgan fingerprint density at radius 2 is 1.96 bits per heavy atom. The molecule has 0 saturated carbocycles. The van der Waals surface area contributed by atoms with E-state index in [0.717, 1.165) is 18.4 Å². The minimum atomic E-state index is -3.80. The van der Waals surface area contributed by atoms with Gasteiger partial charge in [0.2, 0.25) is 0 Å². The fraction of sp³-hybridized carbons (Fsp3) is 0.350. The predicted octanol–water partition coefficient (Wildman–Crippen LogP) is 2.67. The van der Waals surface area contributed by atoms with Gasteiger partial charge in [0.15, 0.2) is 0 Å². The second-order valence-electron chi connectivity index (χ2n) is 7.11. The molecule has 7 heteroatoms. The summed E-state index contributed by atoms with van der Waals surface area (Å²) in [7, 11) is -3.80. The summed E-state index contributed by atoms with van der Waals surface area (Å²) in [6, 6.07) is 11.9. The van der Waals surface area contributed by atoms with Crippen molar-refractivity contribution in [1.82, 2.24) is 4.90 Å². The molecule has 1 fully saturated rings. The quantitative estimate of drug-likeness (QED) is 0.844. The maximum absolute atomic E-state index is 12.9. The van der Waals surface area contributed by atoms with Crippen molar-refractivity contribution in [1.29, 1.82) is 0 Å². The Hall–Kier alpha value is -2.38. The van der Waals surface area contributed by atoms with Crippen molar-refractivity contribution in [2.45, 2.75) is 37.6 Å². The van der Waals surface area contributed by atoms with Crippen LogP contribution in [0.1, 0.15) is 34.3 Å². The van der Waals surface area contributed by atoms with Crippen LogP contribution in [0.4, 0.5) is 5.69 Å². The van der Waals surface area contributed by atoms with Gasteiger partial charge >= 0.3 is 0 Å². The standard InChI is InChI=1S/C20H25N3O3S/c1-14-5-3-7-18(11-14)22-27(25,26)19-12-16(9-8-15(19)2)20(24)23-10-4-6-17(21)13-23/h3,5,7-9,11-12,17,22H,4,6,10,13,21H2,1-2H3. The van der Waals surface area contributed by atoms with Gasteiger partial charge in [-0.1, -0.05) is 18.2 Å². The van der Waals surface area contributed by atoms with E-state index in [9.17, 15) is 13.2 Å². The Kier molecular flexibility index (Phi) is 5.53. The number of anilines is 1. The number of piperidine rings is 1. The molecule has 1 amide bonds. The third kappa shape index (κ3) is 4.48. The number of rotatable bonds is 4. The van der Waals surface area contributed by atoms with E-state index in [4.69, 9.17) is 5.73 Å². The van der Waals surface area contributed by atoms with Crippen molar-refractivity contribution in [3.63, 3.8) is 0 Å². The number of hydrogen-bond donors (Lipinski definition) is 2. The molecule has 2 aromatic rings. The van der Waals surface area contributed by atoms with E-state index >= 15 is 0 Å². The molecule has 0 bridgehead atoms. The van der Waals surface area contributed by atoms with Gasteiger partial charge in [0, 0.05) is 30.4 Å². The first-order valence-corrected chi connectivity index (χ1v) is 10.5. The monoisotopic (exact) mass is 387 g/mol. The number of carbonyl (C=O) groups excluding carboxylic acids is 1.